The Morgan fingerprint density at radius 2 is 1.77 bits per heavy atom. The zero-order valence-electron chi connectivity index (χ0n) is 21.4. The predicted octanol–water partition coefficient (Wildman–Crippen LogP) is 4.67. The molecule has 1 aromatic heterocycles. The van der Waals surface area contributed by atoms with E-state index in [1.54, 1.807) is 4.90 Å². The number of urea groups is 1. The minimum Gasteiger partial charge on any atom is -0.328 e. The average Bonchev–Trinajstić information content (AvgIpc) is 3.56. The molecular weight excluding hydrogens is 468 g/mol. The van der Waals surface area contributed by atoms with Gasteiger partial charge in [0.15, 0.2) is 0 Å². The van der Waals surface area contributed by atoms with Crippen molar-refractivity contribution in [3.63, 3.8) is 0 Å². The third-order valence-corrected chi connectivity index (χ3v) is 10.3. The summed E-state index contributed by atoms with van der Waals surface area (Å²) in [6, 6.07) is -1.29. The van der Waals surface area contributed by atoms with Gasteiger partial charge in [0, 0.05) is 74.3 Å². The molecule has 1 N–H and O–H groups in total. The molecule has 2 aliphatic heterocycles. The zero-order valence-corrected chi connectivity index (χ0v) is 22.3. The van der Waals surface area contributed by atoms with Crippen LogP contribution in [0.1, 0.15) is 81.5 Å². The Kier molecular flexibility index (Phi) is 7.14. The molecule has 2 atom stereocenters. The molecule has 2 amide bonds. The molecule has 0 spiro atoms. The number of amides is 2. The molecule has 2 saturated carbocycles. The number of nitrogens with one attached hydrogen (secondary N) is 1. The van der Waals surface area contributed by atoms with Crippen molar-refractivity contribution >= 4 is 17.4 Å². The number of thiazole rings is 1. The van der Waals surface area contributed by atoms with Gasteiger partial charge >= 0.3 is 6.03 Å². The molecule has 3 heterocycles. The van der Waals surface area contributed by atoms with Crippen LogP contribution in [-0.4, -0.2) is 89.0 Å². The third-order valence-electron chi connectivity index (χ3n) is 8.85. The fraction of sp³-hybridized carbons (Fsp3) is 0.846. The summed E-state index contributed by atoms with van der Waals surface area (Å²) in [6.45, 7) is 11.1. The normalized spacial score (nSPS) is 29.9. The highest BCUT2D eigenvalue weighted by Crippen LogP contribution is 2.46. The molecule has 1 aromatic rings. The number of aromatic nitrogens is 1. The van der Waals surface area contributed by atoms with E-state index >= 15 is 8.78 Å². The van der Waals surface area contributed by atoms with E-state index in [4.69, 9.17) is 4.98 Å². The van der Waals surface area contributed by atoms with E-state index in [9.17, 15) is 4.79 Å². The Balaban J connectivity index is 1.20. The van der Waals surface area contributed by atoms with Gasteiger partial charge in [-0.3, -0.25) is 9.80 Å². The van der Waals surface area contributed by atoms with Gasteiger partial charge in [0.05, 0.1) is 5.01 Å². The first kappa shape index (κ1) is 25.3. The van der Waals surface area contributed by atoms with Crippen LogP contribution in [0, 0.1) is 0 Å². The van der Waals surface area contributed by atoms with E-state index in [0.29, 0.717) is 37.9 Å². The summed E-state index contributed by atoms with van der Waals surface area (Å²) in [4.78, 5) is 25.7. The van der Waals surface area contributed by atoms with Gasteiger partial charge in [0.25, 0.3) is 5.92 Å². The molecule has 0 bridgehead atoms. The lowest BCUT2D eigenvalue weighted by molar-refractivity contribution is -0.0973. The first-order valence-corrected chi connectivity index (χ1v) is 14.4. The van der Waals surface area contributed by atoms with Gasteiger partial charge in [-0.05, 0) is 58.3 Å². The summed E-state index contributed by atoms with van der Waals surface area (Å²) in [5.74, 6) is -2.17. The topological polar surface area (TPSA) is 51.7 Å². The number of hydrogen-bond acceptors (Lipinski definition) is 5. The summed E-state index contributed by atoms with van der Waals surface area (Å²) >= 11 is 1.83. The molecule has 35 heavy (non-hydrogen) atoms. The van der Waals surface area contributed by atoms with Crippen molar-refractivity contribution in [2.45, 2.75) is 101 Å². The maximum absolute atomic E-state index is 15.1. The van der Waals surface area contributed by atoms with E-state index in [0.717, 1.165) is 39.0 Å². The smallest absolute Gasteiger partial charge is 0.317 e. The number of rotatable bonds is 5. The van der Waals surface area contributed by atoms with Gasteiger partial charge in [-0.1, -0.05) is 6.92 Å². The molecule has 196 valence electrons. The summed E-state index contributed by atoms with van der Waals surface area (Å²) in [5, 5.41) is 3.99. The zero-order chi connectivity index (χ0) is 24.8. The number of carbonyl (C=O) groups excluding carboxylic acids is 1. The molecule has 2 unspecified atom stereocenters. The van der Waals surface area contributed by atoms with Crippen LogP contribution in [0.5, 0.6) is 0 Å². The van der Waals surface area contributed by atoms with Crippen LogP contribution in [-0.2, 0) is 5.41 Å². The number of halogens is 2. The van der Waals surface area contributed by atoms with Crippen molar-refractivity contribution in [3.05, 3.63) is 16.1 Å². The molecular formula is C26H41F2N5OS. The minimum atomic E-state index is -2.88. The van der Waals surface area contributed by atoms with Crippen LogP contribution in [0.3, 0.4) is 0 Å². The maximum Gasteiger partial charge on any atom is 0.317 e. The van der Waals surface area contributed by atoms with Crippen LogP contribution >= 0.6 is 11.3 Å². The predicted molar refractivity (Wildman–Crippen MR) is 135 cm³/mol. The molecule has 4 fully saturated rings. The van der Waals surface area contributed by atoms with Crippen LogP contribution < -0.4 is 5.32 Å². The number of nitrogens with zero attached hydrogens (tertiary/aromatic N) is 4. The molecule has 2 saturated heterocycles. The fourth-order valence-corrected chi connectivity index (χ4v) is 7.38. The fourth-order valence-electron chi connectivity index (χ4n) is 6.09. The van der Waals surface area contributed by atoms with Crippen molar-refractivity contribution < 1.29 is 13.6 Å². The Morgan fingerprint density at radius 1 is 1.09 bits per heavy atom. The molecule has 9 heteroatoms. The minimum absolute atomic E-state index is 0.0397. The van der Waals surface area contributed by atoms with E-state index in [2.05, 4.69) is 35.9 Å². The van der Waals surface area contributed by atoms with Crippen molar-refractivity contribution in [2.24, 2.45) is 0 Å². The van der Waals surface area contributed by atoms with Gasteiger partial charge in [-0.15, -0.1) is 11.3 Å². The van der Waals surface area contributed by atoms with E-state index in [-0.39, 0.29) is 23.9 Å². The molecule has 5 rings (SSSR count). The summed E-state index contributed by atoms with van der Waals surface area (Å²) in [6.07, 6.45) is 7.29. The van der Waals surface area contributed by atoms with Crippen molar-refractivity contribution in [2.75, 3.05) is 39.3 Å². The van der Waals surface area contributed by atoms with Crippen LogP contribution in [0.2, 0.25) is 0 Å². The SMILES string of the molecule is CC(C)N1CCN(C2CCCC(F)(F)C2NC(=O)N2CCC(C)(c3ncc(C4CC4)s3)CC2)CC1. The third kappa shape index (κ3) is 5.37. The lowest BCUT2D eigenvalue weighted by Gasteiger charge is -2.48. The van der Waals surface area contributed by atoms with Crippen molar-refractivity contribution in [3.8, 4) is 0 Å². The molecule has 0 radical (unpaired) electrons. The van der Waals surface area contributed by atoms with Gasteiger partial charge in [-0.2, -0.15) is 0 Å². The van der Waals surface area contributed by atoms with Gasteiger partial charge in [0.2, 0.25) is 0 Å². The quantitative estimate of drug-likeness (QED) is 0.627. The highest BCUT2D eigenvalue weighted by molar-refractivity contribution is 7.11. The van der Waals surface area contributed by atoms with Crippen LogP contribution in [0.4, 0.5) is 13.6 Å². The second-order valence-electron chi connectivity index (χ2n) is 11.7. The summed E-state index contributed by atoms with van der Waals surface area (Å²) in [5.41, 5.74) is -0.0397. The standard InChI is InChI=1S/C26H41F2N5OS/c1-18(2)31-13-15-32(16-14-31)20-5-4-8-26(27,28)22(20)30-24(34)33-11-9-25(3,10-12-33)23-29-17-21(35-23)19-6-7-19/h17-20,22H,4-16H2,1-3H3,(H,30,34). The summed E-state index contributed by atoms with van der Waals surface area (Å²) < 4.78 is 30.3. The highest BCUT2D eigenvalue weighted by Gasteiger charge is 2.50. The Bertz CT molecular complexity index is 888. The monoisotopic (exact) mass is 509 g/mol. The van der Waals surface area contributed by atoms with Crippen LogP contribution in [0.25, 0.3) is 0 Å². The largest absolute Gasteiger partial charge is 0.328 e. The Labute approximate surface area is 212 Å². The van der Waals surface area contributed by atoms with Crippen molar-refractivity contribution in [1.82, 2.24) is 25.0 Å². The van der Waals surface area contributed by atoms with Gasteiger partial charge in [0.1, 0.15) is 6.04 Å². The molecule has 6 nitrogen and oxygen atoms in total. The van der Waals surface area contributed by atoms with Gasteiger partial charge < -0.3 is 10.2 Å². The lowest BCUT2D eigenvalue weighted by Crippen LogP contribution is -2.66. The number of piperidine rings is 1. The first-order valence-electron chi connectivity index (χ1n) is 13.5. The van der Waals surface area contributed by atoms with Crippen molar-refractivity contribution in [1.29, 1.82) is 0 Å². The van der Waals surface area contributed by atoms with E-state index < -0.39 is 12.0 Å². The van der Waals surface area contributed by atoms with Crippen LogP contribution in [0.15, 0.2) is 6.20 Å². The Morgan fingerprint density at radius 3 is 2.40 bits per heavy atom. The van der Waals surface area contributed by atoms with Gasteiger partial charge in [-0.25, -0.2) is 18.6 Å². The second kappa shape index (κ2) is 9.86. The first-order chi connectivity index (χ1) is 16.7. The number of hydrogen-bond donors (Lipinski definition) is 1. The molecule has 0 aromatic carbocycles. The highest BCUT2D eigenvalue weighted by atomic mass is 32.1. The Hall–Kier alpha value is -1.32. The average molecular weight is 510 g/mol. The second-order valence-corrected chi connectivity index (χ2v) is 12.8. The number of piperazine rings is 1. The lowest BCUT2D eigenvalue weighted by atomic mass is 9.81. The maximum atomic E-state index is 15.1. The summed E-state index contributed by atoms with van der Waals surface area (Å²) in [7, 11) is 0. The number of alkyl halides is 2. The number of likely N-dealkylation sites (tertiary alicyclic amines) is 1. The van der Waals surface area contributed by atoms with E-state index in [1.807, 2.05) is 17.5 Å². The number of carbonyl (C=O) groups is 1. The molecule has 4 aliphatic rings. The molecule has 2 aliphatic carbocycles. The van der Waals surface area contributed by atoms with E-state index in [1.165, 1.54) is 22.7 Å².